The number of ether oxygens (including phenoxy) is 1. The van der Waals surface area contributed by atoms with E-state index in [1.165, 1.54) is 30.8 Å². The first-order chi connectivity index (χ1) is 16.3. The van der Waals surface area contributed by atoms with E-state index in [0.717, 1.165) is 74.8 Å². The molecule has 33 heavy (non-hydrogen) atoms. The molecule has 8 heteroatoms. The Bertz CT molecular complexity index is 1060. The fourth-order valence-corrected chi connectivity index (χ4v) is 6.55. The van der Waals surface area contributed by atoms with Gasteiger partial charge in [-0.25, -0.2) is 5.32 Å². The predicted octanol–water partition coefficient (Wildman–Crippen LogP) is 2.61. The molecule has 173 valence electrons. The summed E-state index contributed by atoms with van der Waals surface area (Å²) >= 11 is 1.50. The molecule has 0 amide bonds. The molecule has 3 aromatic rings. The number of likely N-dealkylation sites (tertiary alicyclic amines) is 1. The second-order valence-electron chi connectivity index (χ2n) is 9.11. The van der Waals surface area contributed by atoms with Gasteiger partial charge in [0.25, 0.3) is 0 Å². The highest BCUT2D eigenvalue weighted by atomic mass is 32.1. The summed E-state index contributed by atoms with van der Waals surface area (Å²) in [6, 6.07) is 14.9. The summed E-state index contributed by atoms with van der Waals surface area (Å²) in [5.41, 5.74) is 2.35. The van der Waals surface area contributed by atoms with Crippen LogP contribution in [0.5, 0.6) is 0 Å². The van der Waals surface area contributed by atoms with Gasteiger partial charge in [0.2, 0.25) is 0 Å². The minimum atomic E-state index is -0.663. The number of aromatic nitrogens is 2. The fraction of sp³-hybridized carbons (Fsp3) is 0.520. The quantitative estimate of drug-likeness (QED) is 0.642. The number of morpholine rings is 1. The molecule has 1 radical (unpaired) electrons. The highest BCUT2D eigenvalue weighted by Gasteiger charge is 2.64. The molecular formula is C25H31N6OS. The number of nitrogens with one attached hydrogen (secondary N) is 1. The first kappa shape index (κ1) is 21.6. The van der Waals surface area contributed by atoms with Gasteiger partial charge in [-0.1, -0.05) is 30.7 Å². The van der Waals surface area contributed by atoms with Crippen molar-refractivity contribution in [3.8, 4) is 0 Å². The van der Waals surface area contributed by atoms with Crippen LogP contribution in [0.4, 0.5) is 0 Å². The molecule has 7 nitrogen and oxygen atoms in total. The summed E-state index contributed by atoms with van der Waals surface area (Å²) in [6.07, 6.45) is 3.67. The van der Waals surface area contributed by atoms with Crippen LogP contribution in [0.2, 0.25) is 0 Å². The highest BCUT2D eigenvalue weighted by Crippen LogP contribution is 2.46. The summed E-state index contributed by atoms with van der Waals surface area (Å²) in [5, 5.41) is 12.7. The van der Waals surface area contributed by atoms with Gasteiger partial charge in [0, 0.05) is 50.0 Å². The van der Waals surface area contributed by atoms with Gasteiger partial charge in [-0.15, -0.1) is 0 Å². The molecule has 2 unspecified atom stereocenters. The molecule has 1 N–H and O–H groups in total. The third kappa shape index (κ3) is 3.43. The van der Waals surface area contributed by atoms with Crippen LogP contribution in [0, 0.1) is 0 Å². The van der Waals surface area contributed by atoms with Crippen molar-refractivity contribution in [2.24, 2.45) is 0 Å². The maximum absolute atomic E-state index is 5.79. The molecule has 1 aromatic carbocycles. The Morgan fingerprint density at radius 1 is 0.879 bits per heavy atom. The van der Waals surface area contributed by atoms with Crippen molar-refractivity contribution in [3.63, 3.8) is 0 Å². The minimum absolute atomic E-state index is 0.598. The van der Waals surface area contributed by atoms with E-state index >= 15 is 0 Å². The van der Waals surface area contributed by atoms with Crippen molar-refractivity contribution in [1.29, 1.82) is 0 Å². The SMILES string of the molecule is c1ccc2nc(C3(c4ccsn4)NCC[N]C3(N3CCCCC3)N3CCOCC3)ccc2c1. The second kappa shape index (κ2) is 9.02. The van der Waals surface area contributed by atoms with Gasteiger partial charge < -0.3 is 4.74 Å². The molecule has 2 aromatic heterocycles. The molecular weight excluding hydrogens is 432 g/mol. The normalized spacial score (nSPS) is 29.9. The Morgan fingerprint density at radius 2 is 1.70 bits per heavy atom. The Kier molecular flexibility index (Phi) is 5.90. The first-order valence-corrected chi connectivity index (χ1v) is 13.0. The first-order valence-electron chi connectivity index (χ1n) is 12.1. The zero-order valence-corrected chi connectivity index (χ0v) is 19.8. The van der Waals surface area contributed by atoms with Crippen LogP contribution in [-0.4, -0.2) is 77.4 Å². The standard InChI is InChI=1S/C25H31N6OS/c1-4-13-30(14-5-1)25(31-15-17-32-18-16-31)24(26-11-12-27-25,23-10-19-33-29-23)22-9-8-20-6-2-3-7-21(20)28-22/h2-3,6-10,19,26H,1,4-5,11-18H2. The van der Waals surface area contributed by atoms with Crippen LogP contribution in [0.15, 0.2) is 47.8 Å². The summed E-state index contributed by atoms with van der Waals surface area (Å²) in [4.78, 5) is 10.4. The number of piperazine rings is 1. The van der Waals surface area contributed by atoms with Crippen LogP contribution < -0.4 is 10.6 Å². The summed E-state index contributed by atoms with van der Waals surface area (Å²) < 4.78 is 10.7. The number of rotatable bonds is 4. The average Bonchev–Trinajstić information content (AvgIpc) is 3.45. The van der Waals surface area contributed by atoms with Gasteiger partial charge >= 0.3 is 0 Å². The maximum Gasteiger partial charge on any atom is 0.175 e. The smallest absolute Gasteiger partial charge is 0.175 e. The molecule has 3 saturated heterocycles. The van der Waals surface area contributed by atoms with Crippen LogP contribution in [0.3, 0.4) is 0 Å². The predicted molar refractivity (Wildman–Crippen MR) is 130 cm³/mol. The van der Waals surface area contributed by atoms with E-state index in [1.54, 1.807) is 0 Å². The minimum Gasteiger partial charge on any atom is -0.379 e. The number of piperidine rings is 1. The number of hydrogen-bond donors (Lipinski definition) is 1. The molecule has 5 heterocycles. The Hall–Kier alpha value is -1.94. The van der Waals surface area contributed by atoms with Gasteiger partial charge in [0.1, 0.15) is 0 Å². The zero-order valence-electron chi connectivity index (χ0n) is 18.9. The second-order valence-corrected chi connectivity index (χ2v) is 9.78. The van der Waals surface area contributed by atoms with Gasteiger partial charge in [-0.3, -0.25) is 20.1 Å². The van der Waals surface area contributed by atoms with Crippen molar-refractivity contribution >= 4 is 22.4 Å². The van der Waals surface area contributed by atoms with Gasteiger partial charge in [-0.05, 0) is 42.6 Å². The van der Waals surface area contributed by atoms with Crippen molar-refractivity contribution in [1.82, 2.24) is 29.8 Å². The van der Waals surface area contributed by atoms with Gasteiger partial charge in [-0.2, -0.15) is 4.37 Å². The molecule has 3 fully saturated rings. The topological polar surface area (TPSA) is 67.6 Å². The van der Waals surface area contributed by atoms with Crippen LogP contribution in [0.1, 0.15) is 30.7 Å². The monoisotopic (exact) mass is 463 g/mol. The van der Waals surface area contributed by atoms with E-state index in [0.29, 0.717) is 0 Å². The van der Waals surface area contributed by atoms with Gasteiger partial charge in [0.05, 0.1) is 30.1 Å². The lowest BCUT2D eigenvalue weighted by Gasteiger charge is -2.62. The number of benzene rings is 1. The third-order valence-corrected chi connectivity index (χ3v) is 7.95. The molecule has 0 saturated carbocycles. The zero-order chi connectivity index (χ0) is 22.1. The number of pyridine rings is 1. The molecule has 2 atom stereocenters. The Labute approximate surface area is 199 Å². The van der Waals surface area contributed by atoms with E-state index in [9.17, 15) is 0 Å². The van der Waals surface area contributed by atoms with E-state index in [1.807, 2.05) is 0 Å². The summed E-state index contributed by atoms with van der Waals surface area (Å²) in [6.45, 7) is 6.78. The van der Waals surface area contributed by atoms with E-state index < -0.39 is 11.3 Å². The van der Waals surface area contributed by atoms with Crippen molar-refractivity contribution < 1.29 is 4.74 Å². The Balaban J connectivity index is 1.62. The highest BCUT2D eigenvalue weighted by molar-refractivity contribution is 7.03. The number of nitrogens with zero attached hydrogens (tertiary/aromatic N) is 5. The van der Waals surface area contributed by atoms with Gasteiger partial charge in [0.15, 0.2) is 11.3 Å². The average molecular weight is 464 g/mol. The molecule has 0 spiro atoms. The van der Waals surface area contributed by atoms with Crippen molar-refractivity contribution in [3.05, 3.63) is 59.2 Å². The Morgan fingerprint density at radius 3 is 2.52 bits per heavy atom. The van der Waals surface area contributed by atoms with Crippen LogP contribution >= 0.6 is 11.5 Å². The summed E-state index contributed by atoms with van der Waals surface area (Å²) in [7, 11) is 0. The lowest BCUT2D eigenvalue weighted by atomic mass is 9.77. The molecule has 0 bridgehead atoms. The maximum atomic E-state index is 5.79. The van der Waals surface area contributed by atoms with Crippen molar-refractivity contribution in [2.45, 2.75) is 30.6 Å². The number of para-hydroxylation sites is 1. The lowest BCUT2D eigenvalue weighted by Crippen LogP contribution is -2.83. The molecule has 6 rings (SSSR count). The molecule has 3 aliphatic heterocycles. The fourth-order valence-electron chi connectivity index (χ4n) is 5.98. The third-order valence-electron chi connectivity index (χ3n) is 7.39. The van der Waals surface area contributed by atoms with Crippen LogP contribution in [-0.2, 0) is 10.3 Å². The largest absolute Gasteiger partial charge is 0.379 e. The van der Waals surface area contributed by atoms with E-state index in [-0.39, 0.29) is 0 Å². The number of hydrogen-bond acceptors (Lipinski definition) is 7. The summed E-state index contributed by atoms with van der Waals surface area (Å²) in [5.74, 6) is -0.598. The molecule has 0 aliphatic carbocycles. The molecule has 3 aliphatic rings. The van der Waals surface area contributed by atoms with Crippen molar-refractivity contribution in [2.75, 3.05) is 52.5 Å². The van der Waals surface area contributed by atoms with E-state index in [4.69, 9.17) is 19.4 Å². The van der Waals surface area contributed by atoms with E-state index in [2.05, 4.69) is 63.0 Å². The van der Waals surface area contributed by atoms with Crippen LogP contribution in [0.25, 0.3) is 10.9 Å². The number of fused-ring (bicyclic) bond motifs is 1. The lowest BCUT2D eigenvalue weighted by molar-refractivity contribution is -0.182.